The lowest BCUT2D eigenvalue weighted by atomic mass is 9.73. The Hall–Kier alpha value is -0.580. The molecule has 1 aromatic rings. The van der Waals surface area contributed by atoms with Gasteiger partial charge in [0.25, 0.3) is 0 Å². The zero-order chi connectivity index (χ0) is 11.3. The highest BCUT2D eigenvalue weighted by Crippen LogP contribution is 2.59. The summed E-state index contributed by atoms with van der Waals surface area (Å²) in [6.45, 7) is 0. The van der Waals surface area contributed by atoms with E-state index in [2.05, 4.69) is 15.9 Å². The summed E-state index contributed by atoms with van der Waals surface area (Å²) >= 11 is 3.15. The molecule has 1 atom stereocenters. The molecule has 0 radical (unpaired) electrons. The number of hydrogen-bond acceptors (Lipinski definition) is 0. The molecule has 15 heavy (non-hydrogen) atoms. The molecule has 1 aliphatic carbocycles. The minimum atomic E-state index is -3.92. The SMILES string of the molecule is FC1(F)C[C@H](c2ccc(Br)cc2)C1(F)F. The van der Waals surface area contributed by atoms with Crippen molar-refractivity contribution in [2.24, 2.45) is 0 Å². The molecule has 5 heteroatoms. The largest absolute Gasteiger partial charge is 0.317 e. The first-order valence-corrected chi connectivity index (χ1v) is 5.15. The molecule has 1 aromatic carbocycles. The summed E-state index contributed by atoms with van der Waals surface area (Å²) in [6.07, 6.45) is -0.776. The molecule has 1 saturated carbocycles. The molecule has 0 heterocycles. The van der Waals surface area contributed by atoms with Gasteiger partial charge in [0.05, 0.1) is 5.92 Å². The fraction of sp³-hybridized carbons (Fsp3) is 0.400. The maximum Gasteiger partial charge on any atom is 0.317 e. The quantitative estimate of drug-likeness (QED) is 0.677. The van der Waals surface area contributed by atoms with Crippen LogP contribution in [0.25, 0.3) is 0 Å². The van der Waals surface area contributed by atoms with Gasteiger partial charge >= 0.3 is 11.8 Å². The minimum absolute atomic E-state index is 0.258. The molecule has 82 valence electrons. The maximum atomic E-state index is 13.0. The Bertz CT molecular complexity index is 372. The van der Waals surface area contributed by atoms with Crippen LogP contribution in [0.5, 0.6) is 0 Å². The lowest BCUT2D eigenvalue weighted by molar-refractivity contribution is -0.290. The highest BCUT2D eigenvalue weighted by Gasteiger charge is 2.71. The van der Waals surface area contributed by atoms with Gasteiger partial charge in [-0.2, -0.15) is 17.6 Å². The molecule has 0 aliphatic heterocycles. The first-order chi connectivity index (χ1) is 6.84. The highest BCUT2D eigenvalue weighted by atomic mass is 79.9. The molecule has 0 N–H and O–H groups in total. The van der Waals surface area contributed by atoms with Gasteiger partial charge in [0.2, 0.25) is 0 Å². The standard InChI is InChI=1S/C10H7BrF4/c11-7-3-1-6(2-4-7)8-5-9(12,13)10(8,14)15/h1-4,8H,5H2/t8-/m1/s1. The third kappa shape index (κ3) is 1.57. The average Bonchev–Trinajstić information content (AvgIpc) is 2.16. The molecule has 1 aliphatic rings. The summed E-state index contributed by atoms with van der Waals surface area (Å²) in [7, 11) is 0. The number of hydrogen-bond donors (Lipinski definition) is 0. The third-order valence-electron chi connectivity index (χ3n) is 2.66. The van der Waals surface area contributed by atoms with Gasteiger partial charge in [0, 0.05) is 10.9 Å². The normalized spacial score (nSPS) is 27.1. The number of alkyl halides is 4. The zero-order valence-corrected chi connectivity index (χ0v) is 9.07. The van der Waals surface area contributed by atoms with Crippen molar-refractivity contribution in [3.8, 4) is 0 Å². The predicted octanol–water partition coefficient (Wildman–Crippen LogP) is 4.21. The molecule has 0 unspecified atom stereocenters. The van der Waals surface area contributed by atoms with Gasteiger partial charge in [-0.05, 0) is 17.7 Å². The van der Waals surface area contributed by atoms with E-state index in [-0.39, 0.29) is 5.56 Å². The van der Waals surface area contributed by atoms with Crippen LogP contribution in [-0.4, -0.2) is 11.8 Å². The van der Waals surface area contributed by atoms with Crippen molar-refractivity contribution in [3.63, 3.8) is 0 Å². The second-order valence-electron chi connectivity index (χ2n) is 3.64. The van der Waals surface area contributed by atoms with E-state index in [1.165, 1.54) is 12.1 Å². The van der Waals surface area contributed by atoms with Crippen LogP contribution in [-0.2, 0) is 0 Å². The van der Waals surface area contributed by atoms with E-state index in [9.17, 15) is 17.6 Å². The van der Waals surface area contributed by atoms with Crippen molar-refractivity contribution < 1.29 is 17.6 Å². The van der Waals surface area contributed by atoms with Crippen molar-refractivity contribution in [2.45, 2.75) is 24.2 Å². The molecule has 0 bridgehead atoms. The van der Waals surface area contributed by atoms with Crippen LogP contribution in [0.1, 0.15) is 17.9 Å². The third-order valence-corrected chi connectivity index (χ3v) is 3.19. The molecule has 0 nitrogen and oxygen atoms in total. The molecule has 0 amide bonds. The monoisotopic (exact) mass is 282 g/mol. The van der Waals surface area contributed by atoms with Crippen molar-refractivity contribution in [2.75, 3.05) is 0 Å². The van der Waals surface area contributed by atoms with Gasteiger partial charge in [-0.3, -0.25) is 0 Å². The van der Waals surface area contributed by atoms with Crippen LogP contribution in [0.4, 0.5) is 17.6 Å². The number of rotatable bonds is 1. The highest BCUT2D eigenvalue weighted by molar-refractivity contribution is 9.10. The van der Waals surface area contributed by atoms with Crippen molar-refractivity contribution in [3.05, 3.63) is 34.3 Å². The van der Waals surface area contributed by atoms with Crippen LogP contribution < -0.4 is 0 Å². The fourth-order valence-electron chi connectivity index (χ4n) is 1.67. The molecule has 0 saturated heterocycles. The number of benzene rings is 1. The van der Waals surface area contributed by atoms with Crippen molar-refractivity contribution in [1.82, 2.24) is 0 Å². The summed E-state index contributed by atoms with van der Waals surface area (Å²) in [5, 5.41) is 0. The van der Waals surface area contributed by atoms with Gasteiger partial charge in [-0.1, -0.05) is 28.1 Å². The van der Waals surface area contributed by atoms with E-state index in [1.807, 2.05) is 0 Å². The lowest BCUT2D eigenvalue weighted by Gasteiger charge is -2.44. The Morgan fingerprint density at radius 3 is 2.00 bits per heavy atom. The van der Waals surface area contributed by atoms with Crippen LogP contribution in [0.2, 0.25) is 0 Å². The summed E-state index contributed by atoms with van der Waals surface area (Å²) in [6, 6.07) is 6.03. The van der Waals surface area contributed by atoms with Gasteiger partial charge < -0.3 is 0 Å². The fourth-order valence-corrected chi connectivity index (χ4v) is 1.93. The van der Waals surface area contributed by atoms with E-state index in [0.717, 1.165) is 4.47 Å². The van der Waals surface area contributed by atoms with E-state index >= 15 is 0 Å². The van der Waals surface area contributed by atoms with Gasteiger partial charge in [0.1, 0.15) is 0 Å². The average molecular weight is 283 g/mol. The Balaban J connectivity index is 2.25. The molecule has 0 spiro atoms. The second-order valence-corrected chi connectivity index (χ2v) is 4.55. The Labute approximate surface area is 92.4 Å². The molecular weight excluding hydrogens is 276 g/mol. The van der Waals surface area contributed by atoms with E-state index in [1.54, 1.807) is 12.1 Å². The van der Waals surface area contributed by atoms with E-state index < -0.39 is 24.2 Å². The number of halogens is 5. The summed E-state index contributed by atoms with van der Waals surface area (Å²) in [5.41, 5.74) is 0.258. The molecule has 0 aromatic heterocycles. The van der Waals surface area contributed by atoms with E-state index in [0.29, 0.717) is 0 Å². The van der Waals surface area contributed by atoms with Crippen molar-refractivity contribution >= 4 is 15.9 Å². The van der Waals surface area contributed by atoms with Gasteiger partial charge in [0.15, 0.2) is 0 Å². The van der Waals surface area contributed by atoms with Gasteiger partial charge in [-0.15, -0.1) is 0 Å². The first kappa shape index (κ1) is 10.9. The Morgan fingerprint density at radius 2 is 1.60 bits per heavy atom. The van der Waals surface area contributed by atoms with Crippen molar-refractivity contribution in [1.29, 1.82) is 0 Å². The van der Waals surface area contributed by atoms with Crippen LogP contribution >= 0.6 is 15.9 Å². The molecule has 2 rings (SSSR count). The smallest absolute Gasteiger partial charge is 0.200 e. The predicted molar refractivity (Wildman–Crippen MR) is 51.4 cm³/mol. The molecule has 1 fully saturated rings. The summed E-state index contributed by atoms with van der Waals surface area (Å²) < 4.78 is 51.9. The van der Waals surface area contributed by atoms with E-state index in [4.69, 9.17) is 0 Å². The Morgan fingerprint density at radius 1 is 1.07 bits per heavy atom. The topological polar surface area (TPSA) is 0 Å². The second kappa shape index (κ2) is 3.20. The van der Waals surface area contributed by atoms with Crippen LogP contribution in [0.15, 0.2) is 28.7 Å². The maximum absolute atomic E-state index is 13.0. The summed E-state index contributed by atoms with van der Waals surface area (Å²) in [5.74, 6) is -9.13. The minimum Gasteiger partial charge on any atom is -0.200 e. The van der Waals surface area contributed by atoms with Crippen LogP contribution in [0.3, 0.4) is 0 Å². The molecular formula is C10H7BrF4. The zero-order valence-electron chi connectivity index (χ0n) is 7.48. The summed E-state index contributed by atoms with van der Waals surface area (Å²) in [4.78, 5) is 0. The first-order valence-electron chi connectivity index (χ1n) is 4.36. The van der Waals surface area contributed by atoms with Gasteiger partial charge in [-0.25, -0.2) is 0 Å². The van der Waals surface area contributed by atoms with Crippen LogP contribution in [0, 0.1) is 0 Å². The lowest BCUT2D eigenvalue weighted by Crippen LogP contribution is -2.56. The Kier molecular flexibility index (Phi) is 2.33.